The third-order valence-corrected chi connectivity index (χ3v) is 5.07. The zero-order valence-electron chi connectivity index (χ0n) is 17.3. The van der Waals surface area contributed by atoms with Gasteiger partial charge in [0.15, 0.2) is 0 Å². The summed E-state index contributed by atoms with van der Waals surface area (Å²) in [5.41, 5.74) is 4.07. The number of aliphatic hydroxyl groups is 1. The van der Waals surface area contributed by atoms with Crippen molar-refractivity contribution in [3.63, 3.8) is 0 Å². The molecule has 0 aliphatic heterocycles. The molecule has 0 spiro atoms. The van der Waals surface area contributed by atoms with Crippen molar-refractivity contribution in [1.82, 2.24) is 0 Å². The smallest absolute Gasteiger partial charge is 0.267 e. The molecular formula is C20H38NO4S+. The lowest BCUT2D eigenvalue weighted by Crippen LogP contribution is -2.42. The Morgan fingerprint density at radius 1 is 1.04 bits per heavy atom. The molecule has 0 aliphatic rings. The van der Waals surface area contributed by atoms with Gasteiger partial charge in [0, 0.05) is 6.42 Å². The highest BCUT2D eigenvalue weighted by Gasteiger charge is 2.19. The Labute approximate surface area is 160 Å². The number of aliphatic hydroxyl groups excluding tert-OH is 1. The highest BCUT2D eigenvalue weighted by Crippen LogP contribution is 2.12. The zero-order valence-corrected chi connectivity index (χ0v) is 18.1. The number of nitrogens with zero attached hydrogens (tertiary/aromatic N) is 1. The van der Waals surface area contributed by atoms with Crippen LogP contribution in [0.25, 0.3) is 0 Å². The van der Waals surface area contributed by atoms with Gasteiger partial charge in [-0.1, -0.05) is 28.9 Å². The molecule has 0 aromatic heterocycles. The summed E-state index contributed by atoms with van der Waals surface area (Å²) in [6.07, 6.45) is 9.14. The average Bonchev–Trinajstić information content (AvgIpc) is 2.47. The molecule has 0 saturated carbocycles. The van der Waals surface area contributed by atoms with Crippen molar-refractivity contribution in [2.45, 2.75) is 59.5 Å². The summed E-state index contributed by atoms with van der Waals surface area (Å²) in [5.74, 6) is -0.597. The van der Waals surface area contributed by atoms with E-state index in [2.05, 4.69) is 45.9 Å². The molecule has 0 saturated heterocycles. The molecule has 0 aliphatic carbocycles. The second kappa shape index (κ2) is 11.7. The molecule has 1 unspecified atom stereocenters. The highest BCUT2D eigenvalue weighted by atomic mass is 32.2. The minimum absolute atomic E-state index is 0.339. The predicted octanol–water partition coefficient (Wildman–Crippen LogP) is 3.73. The van der Waals surface area contributed by atoms with Gasteiger partial charge in [-0.15, -0.1) is 0 Å². The van der Waals surface area contributed by atoms with E-state index in [1.165, 1.54) is 16.7 Å². The molecule has 0 radical (unpaired) electrons. The third kappa shape index (κ3) is 15.3. The molecule has 2 N–H and O–H groups in total. The highest BCUT2D eigenvalue weighted by molar-refractivity contribution is 7.85. The summed E-state index contributed by atoms with van der Waals surface area (Å²) < 4.78 is 31.0. The molecule has 0 amide bonds. The van der Waals surface area contributed by atoms with Crippen LogP contribution >= 0.6 is 0 Å². The van der Waals surface area contributed by atoms with Crippen LogP contribution in [0.3, 0.4) is 0 Å². The number of quaternary nitrogens is 1. The van der Waals surface area contributed by atoms with E-state index < -0.39 is 22.0 Å². The number of allylic oxidation sites excluding steroid dienone is 5. The van der Waals surface area contributed by atoms with Crippen LogP contribution in [0.4, 0.5) is 0 Å². The molecule has 0 fully saturated rings. The Bertz CT molecular complexity index is 612. The molecule has 0 rings (SSSR count). The number of likely N-dealkylation sites (N-methyl/N-ethyl adjacent to an activating group) is 1. The second-order valence-electron chi connectivity index (χ2n) is 8.16. The molecular weight excluding hydrogens is 350 g/mol. The van der Waals surface area contributed by atoms with Crippen molar-refractivity contribution in [3.8, 4) is 0 Å². The topological polar surface area (TPSA) is 74.6 Å². The first-order valence-corrected chi connectivity index (χ1v) is 10.8. The Kier molecular flexibility index (Phi) is 11.3. The Hall–Kier alpha value is -0.950. The summed E-state index contributed by atoms with van der Waals surface area (Å²) in [7, 11) is -0.0231. The fourth-order valence-corrected chi connectivity index (χ4v) is 3.07. The van der Waals surface area contributed by atoms with Gasteiger partial charge in [0.25, 0.3) is 10.1 Å². The Balaban J connectivity index is 4.32. The van der Waals surface area contributed by atoms with Crippen molar-refractivity contribution in [3.05, 3.63) is 34.9 Å². The number of rotatable bonds is 12. The summed E-state index contributed by atoms with van der Waals surface area (Å²) in [5, 5.41) is 9.70. The van der Waals surface area contributed by atoms with Crippen LogP contribution in [0.15, 0.2) is 34.9 Å². The van der Waals surface area contributed by atoms with Crippen molar-refractivity contribution >= 4 is 10.1 Å². The van der Waals surface area contributed by atoms with Gasteiger partial charge in [0.1, 0.15) is 5.75 Å². The normalized spacial score (nSPS) is 15.1. The van der Waals surface area contributed by atoms with E-state index in [1.54, 1.807) is 0 Å². The first-order chi connectivity index (χ1) is 11.8. The van der Waals surface area contributed by atoms with Crippen LogP contribution in [0.5, 0.6) is 0 Å². The first-order valence-electron chi connectivity index (χ1n) is 9.20. The lowest BCUT2D eigenvalue weighted by Gasteiger charge is -2.29. The fourth-order valence-electron chi connectivity index (χ4n) is 2.42. The maximum atomic E-state index is 10.8. The number of hydrogen-bond acceptors (Lipinski definition) is 3. The molecule has 1 atom stereocenters. The second-order valence-corrected chi connectivity index (χ2v) is 9.66. The van der Waals surface area contributed by atoms with E-state index in [9.17, 15) is 13.5 Å². The molecule has 0 bridgehead atoms. The monoisotopic (exact) mass is 388 g/mol. The van der Waals surface area contributed by atoms with E-state index in [0.717, 1.165) is 25.8 Å². The Morgan fingerprint density at radius 3 is 2.19 bits per heavy atom. The van der Waals surface area contributed by atoms with Crippen molar-refractivity contribution < 1.29 is 22.6 Å². The van der Waals surface area contributed by atoms with Crippen molar-refractivity contribution in [2.75, 3.05) is 32.9 Å². The minimum atomic E-state index is -4.12. The van der Waals surface area contributed by atoms with Crippen LogP contribution in [0, 0.1) is 0 Å². The van der Waals surface area contributed by atoms with Crippen LogP contribution in [-0.2, 0) is 10.1 Å². The summed E-state index contributed by atoms with van der Waals surface area (Å²) in [6.45, 7) is 9.99. The molecule has 26 heavy (non-hydrogen) atoms. The van der Waals surface area contributed by atoms with Gasteiger partial charge in [0.05, 0.1) is 33.3 Å². The van der Waals surface area contributed by atoms with Gasteiger partial charge in [-0.05, 0) is 53.0 Å². The van der Waals surface area contributed by atoms with Gasteiger partial charge in [0.2, 0.25) is 0 Å². The summed E-state index contributed by atoms with van der Waals surface area (Å²) in [4.78, 5) is 0. The lowest BCUT2D eigenvalue weighted by atomic mass is 10.1. The average molecular weight is 389 g/mol. The maximum Gasteiger partial charge on any atom is 0.267 e. The van der Waals surface area contributed by atoms with E-state index in [0.29, 0.717) is 17.4 Å². The zero-order chi connectivity index (χ0) is 20.4. The first kappa shape index (κ1) is 25.1. The number of hydrogen-bond donors (Lipinski definition) is 2. The van der Waals surface area contributed by atoms with Gasteiger partial charge in [-0.25, -0.2) is 0 Å². The predicted molar refractivity (Wildman–Crippen MR) is 110 cm³/mol. The molecule has 0 aromatic rings. The minimum Gasteiger partial charge on any atom is -0.392 e. The third-order valence-electron chi connectivity index (χ3n) is 4.27. The van der Waals surface area contributed by atoms with Crippen LogP contribution in [0.1, 0.15) is 53.4 Å². The fraction of sp³-hybridized carbons (Fsp3) is 0.700. The largest absolute Gasteiger partial charge is 0.392 e. The Morgan fingerprint density at radius 2 is 1.65 bits per heavy atom. The van der Waals surface area contributed by atoms with Crippen molar-refractivity contribution in [2.24, 2.45) is 0 Å². The molecule has 0 heterocycles. The van der Waals surface area contributed by atoms with E-state index >= 15 is 0 Å². The molecule has 152 valence electrons. The van der Waals surface area contributed by atoms with Crippen LogP contribution in [0.2, 0.25) is 0 Å². The van der Waals surface area contributed by atoms with Gasteiger partial charge in [-0.2, -0.15) is 8.42 Å². The summed E-state index contributed by atoms with van der Waals surface area (Å²) in [6, 6.07) is 0. The van der Waals surface area contributed by atoms with Gasteiger partial charge >= 0.3 is 0 Å². The lowest BCUT2D eigenvalue weighted by molar-refractivity contribution is -0.885. The quantitative estimate of drug-likeness (QED) is 0.303. The summed E-state index contributed by atoms with van der Waals surface area (Å²) >= 11 is 0. The molecule has 5 nitrogen and oxygen atoms in total. The van der Waals surface area contributed by atoms with Crippen LogP contribution in [-0.4, -0.2) is 61.6 Å². The van der Waals surface area contributed by atoms with Gasteiger partial charge in [-0.3, -0.25) is 4.55 Å². The molecule has 6 heteroatoms. The van der Waals surface area contributed by atoms with E-state index in [-0.39, 0.29) is 0 Å². The standard InChI is InChI=1S/C20H37NO4S/c1-17(2)10-11-18(3)8-7-9-19(4)12-14-21(5,6)15-13-20(22)16-26(23,24)25/h8,10,12,20,22H,7,9,11,13-16H2,1-6H3/p+1/b18-8+,19-12+. The van der Waals surface area contributed by atoms with Crippen molar-refractivity contribution in [1.29, 1.82) is 0 Å². The van der Waals surface area contributed by atoms with E-state index in [4.69, 9.17) is 4.55 Å². The van der Waals surface area contributed by atoms with Gasteiger partial charge < -0.3 is 9.59 Å². The molecule has 0 aromatic carbocycles. The SMILES string of the molecule is CC(C)=CC/C(C)=C/CC/C(C)=C/C[N+](C)(C)CCC(O)CS(=O)(=O)O. The van der Waals surface area contributed by atoms with Crippen LogP contribution < -0.4 is 0 Å². The van der Waals surface area contributed by atoms with E-state index in [1.807, 2.05) is 14.1 Å². The maximum absolute atomic E-state index is 10.8.